The number of ether oxygens (including phenoxy) is 1. The molecule has 3 rings (SSSR count). The lowest BCUT2D eigenvalue weighted by atomic mass is 10.2. The first-order valence-corrected chi connectivity index (χ1v) is 7.53. The Bertz CT molecular complexity index is 796. The van der Waals surface area contributed by atoms with E-state index in [2.05, 4.69) is 15.0 Å². The molecule has 2 heterocycles. The average Bonchev–Trinajstić information content (AvgIpc) is 2.88. The van der Waals surface area contributed by atoms with Crippen molar-refractivity contribution in [3.63, 3.8) is 0 Å². The Morgan fingerprint density at radius 3 is 2.82 bits per heavy atom. The zero-order chi connectivity index (χ0) is 15.7. The molecular weight excluding hydrogens is 308 g/mol. The van der Waals surface area contributed by atoms with Crippen molar-refractivity contribution >= 4 is 22.8 Å². The van der Waals surface area contributed by atoms with E-state index < -0.39 is 11.6 Å². The van der Waals surface area contributed by atoms with Gasteiger partial charge < -0.3 is 9.72 Å². The fraction of sp³-hybridized carbons (Fsp3) is 0.200. The molecule has 2 aromatic heterocycles. The minimum atomic E-state index is -0.902. The summed E-state index contributed by atoms with van der Waals surface area (Å²) < 4.78 is 31.6. The molecule has 22 heavy (non-hydrogen) atoms. The summed E-state index contributed by atoms with van der Waals surface area (Å²) in [4.78, 5) is 11.5. The topological polar surface area (TPSA) is 50.8 Å². The Morgan fingerprint density at radius 2 is 2.05 bits per heavy atom. The highest BCUT2D eigenvalue weighted by Crippen LogP contribution is 2.27. The highest BCUT2D eigenvalue weighted by molar-refractivity contribution is 7.98. The Labute approximate surface area is 129 Å². The summed E-state index contributed by atoms with van der Waals surface area (Å²) in [7, 11) is 1.61. The van der Waals surface area contributed by atoms with Crippen molar-refractivity contribution in [1.82, 2.24) is 15.0 Å². The molecule has 0 saturated carbocycles. The largest absolute Gasteiger partial charge is 0.496 e. The predicted octanol–water partition coefficient (Wildman–Crippen LogP) is 3.85. The van der Waals surface area contributed by atoms with Gasteiger partial charge >= 0.3 is 0 Å². The van der Waals surface area contributed by atoms with E-state index in [0.29, 0.717) is 21.9 Å². The number of nitrogens with zero attached hydrogens (tertiary/aromatic N) is 2. The molecule has 7 heteroatoms. The van der Waals surface area contributed by atoms with Gasteiger partial charge in [0, 0.05) is 29.6 Å². The number of methoxy groups -OCH3 is 1. The van der Waals surface area contributed by atoms with Crippen LogP contribution in [-0.4, -0.2) is 22.1 Å². The lowest BCUT2D eigenvalue weighted by molar-refractivity contribution is 0.410. The summed E-state index contributed by atoms with van der Waals surface area (Å²) in [6, 6.07) is 3.99. The summed E-state index contributed by atoms with van der Waals surface area (Å²) in [6.07, 6.45) is 1.69. The minimum absolute atomic E-state index is 0.400. The number of aromatic nitrogens is 3. The lowest BCUT2D eigenvalue weighted by Gasteiger charge is -2.08. The monoisotopic (exact) mass is 321 g/mol. The van der Waals surface area contributed by atoms with Crippen molar-refractivity contribution in [3.05, 3.63) is 47.3 Å². The second-order valence-corrected chi connectivity index (χ2v) is 5.66. The van der Waals surface area contributed by atoms with E-state index in [4.69, 9.17) is 4.74 Å². The van der Waals surface area contributed by atoms with Crippen LogP contribution in [0.3, 0.4) is 0 Å². The van der Waals surface area contributed by atoms with Crippen LogP contribution in [0.15, 0.2) is 29.6 Å². The van der Waals surface area contributed by atoms with E-state index in [1.165, 1.54) is 11.8 Å². The maximum absolute atomic E-state index is 13.2. The SMILES string of the molecule is COc1ccnc(CSc2nc3cc(F)c(F)cc3[nH]2)c1C. The van der Waals surface area contributed by atoms with Gasteiger partial charge in [-0.2, -0.15) is 0 Å². The number of hydrogen-bond donors (Lipinski definition) is 1. The number of thioether (sulfide) groups is 1. The smallest absolute Gasteiger partial charge is 0.166 e. The first-order chi connectivity index (χ1) is 10.6. The number of fused-ring (bicyclic) bond motifs is 1. The van der Waals surface area contributed by atoms with Gasteiger partial charge in [0.2, 0.25) is 0 Å². The predicted molar refractivity (Wildman–Crippen MR) is 81.1 cm³/mol. The zero-order valence-corrected chi connectivity index (χ0v) is 12.8. The summed E-state index contributed by atoms with van der Waals surface area (Å²) >= 11 is 1.41. The molecule has 1 N–H and O–H groups in total. The van der Waals surface area contributed by atoms with Crippen molar-refractivity contribution in [1.29, 1.82) is 0 Å². The molecule has 0 aliphatic carbocycles. The van der Waals surface area contributed by atoms with E-state index in [9.17, 15) is 8.78 Å². The molecule has 4 nitrogen and oxygen atoms in total. The standard InChI is InChI=1S/C15H13F2N3OS/c1-8-13(18-4-3-14(8)21-2)7-22-15-19-11-5-9(16)10(17)6-12(11)20-15/h3-6H,7H2,1-2H3,(H,19,20). The maximum atomic E-state index is 13.2. The highest BCUT2D eigenvalue weighted by atomic mass is 32.2. The molecular formula is C15H13F2N3OS. The number of nitrogens with one attached hydrogen (secondary N) is 1. The fourth-order valence-corrected chi connectivity index (χ4v) is 3.02. The van der Waals surface area contributed by atoms with Crippen LogP contribution < -0.4 is 4.74 Å². The summed E-state index contributed by atoms with van der Waals surface area (Å²) in [5.41, 5.74) is 2.71. The van der Waals surface area contributed by atoms with E-state index in [-0.39, 0.29) is 0 Å². The number of rotatable bonds is 4. The van der Waals surface area contributed by atoms with Gasteiger partial charge in [-0.05, 0) is 13.0 Å². The first-order valence-electron chi connectivity index (χ1n) is 6.54. The Kier molecular flexibility index (Phi) is 3.98. The van der Waals surface area contributed by atoms with Crippen LogP contribution >= 0.6 is 11.8 Å². The molecule has 0 saturated heterocycles. The van der Waals surface area contributed by atoms with Gasteiger partial charge in [0.1, 0.15) is 5.75 Å². The molecule has 0 aliphatic rings. The number of hydrogen-bond acceptors (Lipinski definition) is 4. The zero-order valence-electron chi connectivity index (χ0n) is 12.0. The van der Waals surface area contributed by atoms with Crippen molar-refractivity contribution in [2.75, 3.05) is 7.11 Å². The van der Waals surface area contributed by atoms with E-state index >= 15 is 0 Å². The second kappa shape index (κ2) is 5.92. The van der Waals surface area contributed by atoms with Crippen molar-refractivity contribution in [2.45, 2.75) is 17.8 Å². The van der Waals surface area contributed by atoms with Gasteiger partial charge in [0.05, 0.1) is 23.8 Å². The average molecular weight is 321 g/mol. The normalized spacial score (nSPS) is 11.1. The van der Waals surface area contributed by atoms with E-state index in [1.807, 2.05) is 6.92 Å². The van der Waals surface area contributed by atoms with Crippen molar-refractivity contribution in [3.8, 4) is 5.75 Å². The molecule has 3 aromatic rings. The summed E-state index contributed by atoms with van der Waals surface area (Å²) in [5.74, 6) is -0.438. The third-order valence-corrected chi connectivity index (χ3v) is 4.21. The first kappa shape index (κ1) is 14.8. The number of aromatic amines is 1. The second-order valence-electron chi connectivity index (χ2n) is 4.70. The summed E-state index contributed by atoms with van der Waals surface area (Å²) in [6.45, 7) is 1.94. The molecule has 0 unspecified atom stereocenters. The molecule has 1 aromatic carbocycles. The van der Waals surface area contributed by atoms with Gasteiger partial charge in [-0.25, -0.2) is 13.8 Å². The third kappa shape index (κ3) is 2.76. The number of H-pyrrole nitrogens is 1. The lowest BCUT2D eigenvalue weighted by Crippen LogP contribution is -1.95. The van der Waals surface area contributed by atoms with E-state index in [1.54, 1.807) is 19.4 Å². The summed E-state index contributed by atoms with van der Waals surface area (Å²) in [5, 5.41) is 0.587. The van der Waals surface area contributed by atoms with Crippen LogP contribution in [0.5, 0.6) is 5.75 Å². The number of imidazole rings is 1. The highest BCUT2D eigenvalue weighted by Gasteiger charge is 2.11. The number of pyridine rings is 1. The van der Waals surface area contributed by atoms with Crippen molar-refractivity contribution < 1.29 is 13.5 Å². The van der Waals surface area contributed by atoms with E-state index in [0.717, 1.165) is 29.1 Å². The van der Waals surface area contributed by atoms with Gasteiger partial charge in [0.25, 0.3) is 0 Å². The van der Waals surface area contributed by atoms with Gasteiger partial charge in [0.15, 0.2) is 16.8 Å². The van der Waals surface area contributed by atoms with Gasteiger partial charge in [-0.1, -0.05) is 11.8 Å². The molecule has 0 aliphatic heterocycles. The molecule has 0 bridgehead atoms. The van der Waals surface area contributed by atoms with Crippen LogP contribution in [0.25, 0.3) is 11.0 Å². The molecule has 0 amide bonds. The third-order valence-electron chi connectivity index (χ3n) is 3.33. The maximum Gasteiger partial charge on any atom is 0.166 e. The molecule has 0 fully saturated rings. The van der Waals surface area contributed by atoms with Crippen LogP contribution in [0.2, 0.25) is 0 Å². The van der Waals surface area contributed by atoms with Gasteiger partial charge in [-0.3, -0.25) is 4.98 Å². The Hall–Kier alpha value is -2.15. The van der Waals surface area contributed by atoms with Crippen LogP contribution in [-0.2, 0) is 5.75 Å². The Morgan fingerprint density at radius 1 is 1.27 bits per heavy atom. The van der Waals surface area contributed by atoms with Crippen LogP contribution in [0, 0.1) is 18.6 Å². The fourth-order valence-electron chi connectivity index (χ4n) is 2.11. The van der Waals surface area contributed by atoms with Crippen molar-refractivity contribution in [2.24, 2.45) is 0 Å². The molecule has 0 radical (unpaired) electrons. The van der Waals surface area contributed by atoms with Gasteiger partial charge in [-0.15, -0.1) is 0 Å². The molecule has 0 spiro atoms. The number of benzene rings is 1. The number of halogens is 2. The quantitative estimate of drug-likeness (QED) is 0.742. The Balaban J connectivity index is 1.82. The van der Waals surface area contributed by atoms with Crippen LogP contribution in [0.1, 0.15) is 11.3 Å². The molecule has 114 valence electrons. The minimum Gasteiger partial charge on any atom is -0.496 e. The van der Waals surface area contributed by atoms with Crippen LogP contribution in [0.4, 0.5) is 8.78 Å². The molecule has 0 atom stereocenters.